The molecule has 4 heteroatoms. The number of amides is 1. The molecule has 2 N–H and O–H groups in total. The van der Waals surface area contributed by atoms with Crippen LogP contribution in [0.25, 0.3) is 0 Å². The lowest BCUT2D eigenvalue weighted by atomic mass is 10.2. The summed E-state index contributed by atoms with van der Waals surface area (Å²) >= 11 is 0. The highest BCUT2D eigenvalue weighted by Gasteiger charge is 2.11. The third-order valence-corrected chi connectivity index (χ3v) is 2.17. The maximum atomic E-state index is 11.3. The second kappa shape index (κ2) is 5.36. The van der Waals surface area contributed by atoms with E-state index in [0.717, 1.165) is 0 Å². The molecule has 1 aromatic rings. The lowest BCUT2D eigenvalue weighted by Crippen LogP contribution is -2.33. The summed E-state index contributed by atoms with van der Waals surface area (Å²) in [5, 5.41) is 12.1. The largest absolute Gasteiger partial charge is 0.508 e. The molecule has 0 aromatic heterocycles. The minimum Gasteiger partial charge on any atom is -0.508 e. The Morgan fingerprint density at radius 3 is 2.80 bits per heavy atom. The van der Waals surface area contributed by atoms with Crippen molar-refractivity contribution in [2.75, 3.05) is 7.11 Å². The van der Waals surface area contributed by atoms with Crippen LogP contribution in [0.1, 0.15) is 12.5 Å². The van der Waals surface area contributed by atoms with Crippen LogP contribution in [0.2, 0.25) is 0 Å². The summed E-state index contributed by atoms with van der Waals surface area (Å²) in [6, 6.07) is 6.88. The quantitative estimate of drug-likeness (QED) is 0.779. The first-order valence-corrected chi connectivity index (χ1v) is 4.72. The van der Waals surface area contributed by atoms with Crippen LogP contribution in [0.15, 0.2) is 24.3 Å². The van der Waals surface area contributed by atoms with Crippen LogP contribution < -0.4 is 5.32 Å². The minimum atomic E-state index is -0.476. The lowest BCUT2D eigenvalue weighted by Gasteiger charge is -2.10. The third kappa shape index (κ3) is 3.25. The van der Waals surface area contributed by atoms with Crippen LogP contribution in [0.3, 0.4) is 0 Å². The van der Waals surface area contributed by atoms with Crippen molar-refractivity contribution in [1.29, 1.82) is 0 Å². The van der Waals surface area contributed by atoms with Gasteiger partial charge in [-0.3, -0.25) is 4.79 Å². The number of methoxy groups -OCH3 is 1. The first-order valence-electron chi connectivity index (χ1n) is 4.72. The van der Waals surface area contributed by atoms with Gasteiger partial charge in [-0.15, -0.1) is 0 Å². The molecular formula is C11H15NO3. The molecule has 1 amide bonds. The van der Waals surface area contributed by atoms with Gasteiger partial charge in [-0.05, 0) is 13.0 Å². The standard InChI is InChI=1S/C11H15NO3/c1-8(15-2)11(14)12-7-9-5-3-4-6-10(9)13/h3-6,8,13H,7H2,1-2H3,(H,12,14). The topological polar surface area (TPSA) is 58.6 Å². The molecule has 1 rings (SSSR count). The average Bonchev–Trinajstić information content (AvgIpc) is 2.26. The van der Waals surface area contributed by atoms with Crippen molar-refractivity contribution in [1.82, 2.24) is 5.32 Å². The molecule has 4 nitrogen and oxygen atoms in total. The van der Waals surface area contributed by atoms with Crippen LogP contribution in [0.4, 0.5) is 0 Å². The number of phenols is 1. The lowest BCUT2D eigenvalue weighted by molar-refractivity contribution is -0.130. The molecule has 0 bridgehead atoms. The summed E-state index contributed by atoms with van der Waals surface area (Å²) < 4.78 is 4.86. The molecule has 0 saturated heterocycles. The van der Waals surface area contributed by atoms with Gasteiger partial charge in [0.1, 0.15) is 11.9 Å². The van der Waals surface area contributed by atoms with Crippen LogP contribution in [-0.4, -0.2) is 24.2 Å². The Hall–Kier alpha value is -1.55. The number of rotatable bonds is 4. The summed E-state index contributed by atoms with van der Waals surface area (Å²) in [5.74, 6) is -0.0105. The maximum Gasteiger partial charge on any atom is 0.249 e. The summed E-state index contributed by atoms with van der Waals surface area (Å²) in [4.78, 5) is 11.3. The van der Waals surface area contributed by atoms with Crippen LogP contribution >= 0.6 is 0 Å². The minimum absolute atomic E-state index is 0.183. The Balaban J connectivity index is 2.51. The first-order chi connectivity index (χ1) is 7.15. The summed E-state index contributed by atoms with van der Waals surface area (Å²) in [7, 11) is 1.48. The number of ether oxygens (including phenoxy) is 1. The highest BCUT2D eigenvalue weighted by Crippen LogP contribution is 2.14. The Kier molecular flexibility index (Phi) is 4.12. The second-order valence-corrected chi connectivity index (χ2v) is 3.22. The van der Waals surface area contributed by atoms with E-state index in [9.17, 15) is 9.90 Å². The smallest absolute Gasteiger partial charge is 0.249 e. The number of phenolic OH excluding ortho intramolecular Hbond substituents is 1. The first kappa shape index (κ1) is 11.5. The van der Waals surface area contributed by atoms with E-state index < -0.39 is 6.10 Å². The Morgan fingerprint density at radius 1 is 1.53 bits per heavy atom. The molecule has 0 aliphatic rings. The van der Waals surface area contributed by atoms with E-state index >= 15 is 0 Å². The highest BCUT2D eigenvalue weighted by atomic mass is 16.5. The molecule has 0 saturated carbocycles. The fraction of sp³-hybridized carbons (Fsp3) is 0.364. The number of carbonyl (C=O) groups excluding carboxylic acids is 1. The Labute approximate surface area is 88.9 Å². The third-order valence-electron chi connectivity index (χ3n) is 2.17. The predicted molar refractivity (Wildman–Crippen MR) is 56.4 cm³/mol. The normalized spacial score (nSPS) is 12.1. The fourth-order valence-corrected chi connectivity index (χ4v) is 1.09. The van der Waals surface area contributed by atoms with E-state index in [0.29, 0.717) is 12.1 Å². The van der Waals surface area contributed by atoms with Crippen molar-refractivity contribution >= 4 is 5.91 Å². The van der Waals surface area contributed by atoms with Gasteiger partial charge in [-0.25, -0.2) is 0 Å². The summed E-state index contributed by atoms with van der Waals surface area (Å²) in [5.41, 5.74) is 0.689. The van der Waals surface area contributed by atoms with Gasteiger partial charge < -0.3 is 15.2 Å². The van der Waals surface area contributed by atoms with Crippen molar-refractivity contribution in [2.24, 2.45) is 0 Å². The number of hydrogen-bond acceptors (Lipinski definition) is 3. The molecule has 1 aromatic carbocycles. The van der Waals surface area contributed by atoms with Crippen LogP contribution in [0.5, 0.6) is 5.75 Å². The van der Waals surface area contributed by atoms with Gasteiger partial charge in [0, 0.05) is 19.2 Å². The zero-order valence-electron chi connectivity index (χ0n) is 8.86. The highest BCUT2D eigenvalue weighted by molar-refractivity contribution is 5.80. The predicted octanol–water partition coefficient (Wildman–Crippen LogP) is 1.04. The van der Waals surface area contributed by atoms with E-state index in [1.165, 1.54) is 7.11 Å². The van der Waals surface area contributed by atoms with Crippen LogP contribution in [0, 0.1) is 0 Å². The van der Waals surface area contributed by atoms with E-state index in [-0.39, 0.29) is 11.7 Å². The van der Waals surface area contributed by atoms with Crippen molar-refractivity contribution in [2.45, 2.75) is 19.6 Å². The van der Waals surface area contributed by atoms with E-state index in [1.54, 1.807) is 31.2 Å². The van der Waals surface area contributed by atoms with Gasteiger partial charge in [0.2, 0.25) is 5.91 Å². The molecular weight excluding hydrogens is 194 g/mol. The molecule has 1 unspecified atom stereocenters. The van der Waals surface area contributed by atoms with Crippen LogP contribution in [-0.2, 0) is 16.1 Å². The molecule has 0 spiro atoms. The van der Waals surface area contributed by atoms with E-state index in [1.807, 2.05) is 0 Å². The van der Waals surface area contributed by atoms with Gasteiger partial charge >= 0.3 is 0 Å². The Morgan fingerprint density at radius 2 is 2.20 bits per heavy atom. The monoisotopic (exact) mass is 209 g/mol. The van der Waals surface area contributed by atoms with Gasteiger partial charge in [-0.2, -0.15) is 0 Å². The molecule has 0 heterocycles. The number of para-hydroxylation sites is 1. The van der Waals surface area contributed by atoms with E-state index in [4.69, 9.17) is 4.74 Å². The van der Waals surface area contributed by atoms with Crippen molar-refractivity contribution in [3.63, 3.8) is 0 Å². The van der Waals surface area contributed by atoms with Crippen molar-refractivity contribution < 1.29 is 14.6 Å². The Bertz CT molecular complexity index is 338. The maximum absolute atomic E-state index is 11.3. The second-order valence-electron chi connectivity index (χ2n) is 3.22. The molecule has 0 fully saturated rings. The number of benzene rings is 1. The number of hydrogen-bond donors (Lipinski definition) is 2. The van der Waals surface area contributed by atoms with Gasteiger partial charge in [0.15, 0.2) is 0 Å². The SMILES string of the molecule is COC(C)C(=O)NCc1ccccc1O. The van der Waals surface area contributed by atoms with Gasteiger partial charge in [0.05, 0.1) is 0 Å². The molecule has 15 heavy (non-hydrogen) atoms. The van der Waals surface area contributed by atoms with E-state index in [2.05, 4.69) is 5.32 Å². The molecule has 82 valence electrons. The molecule has 1 atom stereocenters. The number of nitrogens with one attached hydrogen (secondary N) is 1. The molecule has 0 aliphatic heterocycles. The molecule has 0 radical (unpaired) electrons. The summed E-state index contributed by atoms with van der Waals surface area (Å²) in [6.07, 6.45) is -0.476. The number of aromatic hydroxyl groups is 1. The zero-order chi connectivity index (χ0) is 11.3. The molecule has 0 aliphatic carbocycles. The number of carbonyl (C=O) groups is 1. The zero-order valence-corrected chi connectivity index (χ0v) is 8.86. The van der Waals surface area contributed by atoms with Crippen molar-refractivity contribution in [3.05, 3.63) is 29.8 Å². The van der Waals surface area contributed by atoms with Gasteiger partial charge in [0.25, 0.3) is 0 Å². The summed E-state index contributed by atoms with van der Waals surface area (Å²) in [6.45, 7) is 1.97. The van der Waals surface area contributed by atoms with Gasteiger partial charge in [-0.1, -0.05) is 18.2 Å². The average molecular weight is 209 g/mol. The fourth-order valence-electron chi connectivity index (χ4n) is 1.09. The van der Waals surface area contributed by atoms with Crippen molar-refractivity contribution in [3.8, 4) is 5.75 Å².